The van der Waals surface area contributed by atoms with Crippen molar-refractivity contribution in [2.45, 2.75) is 17.7 Å². The second-order valence-corrected chi connectivity index (χ2v) is 7.85. The fourth-order valence-electron chi connectivity index (χ4n) is 2.77. The van der Waals surface area contributed by atoms with Crippen molar-refractivity contribution in [1.82, 2.24) is 0 Å². The zero-order valence-corrected chi connectivity index (χ0v) is 14.8. The second kappa shape index (κ2) is 6.93. The van der Waals surface area contributed by atoms with Crippen LogP contribution >= 0.6 is 11.6 Å². The highest BCUT2D eigenvalue weighted by Gasteiger charge is 2.29. The summed E-state index contributed by atoms with van der Waals surface area (Å²) in [6, 6.07) is 11.4. The van der Waals surface area contributed by atoms with Gasteiger partial charge in [-0.3, -0.25) is 4.31 Å². The molecular weight excluding hydrogens is 366 g/mol. The summed E-state index contributed by atoms with van der Waals surface area (Å²) in [7, 11) is -3.77. The van der Waals surface area contributed by atoms with Gasteiger partial charge in [0.1, 0.15) is 5.75 Å². The second-order valence-electron chi connectivity index (χ2n) is 5.58. The molecule has 25 heavy (non-hydrogen) atoms. The van der Waals surface area contributed by atoms with Crippen LogP contribution in [0, 0.1) is 0 Å². The third kappa shape index (κ3) is 3.57. The molecule has 0 fully saturated rings. The van der Waals surface area contributed by atoms with Crippen LogP contribution < -0.4 is 9.04 Å². The number of para-hydroxylation sites is 1. The molecule has 0 spiro atoms. The van der Waals surface area contributed by atoms with E-state index in [0.29, 0.717) is 12.2 Å². The number of carboxylic acids is 1. The quantitative estimate of drug-likeness (QED) is 0.860. The number of fused-ring (bicyclic) bond motifs is 1. The maximum absolute atomic E-state index is 13.0. The summed E-state index contributed by atoms with van der Waals surface area (Å²) >= 11 is 6.06. The minimum atomic E-state index is -3.77. The van der Waals surface area contributed by atoms with Crippen LogP contribution in [0.4, 0.5) is 5.69 Å². The van der Waals surface area contributed by atoms with Gasteiger partial charge in [-0.15, -0.1) is 0 Å². The molecule has 2 aromatic rings. The molecule has 0 saturated heterocycles. The smallest absolute Gasteiger partial charge is 0.341 e. The number of carbonyl (C=O) groups is 1. The third-order valence-corrected chi connectivity index (χ3v) is 6.01. The lowest BCUT2D eigenvalue weighted by atomic mass is 10.0. The molecule has 0 unspecified atom stereocenters. The van der Waals surface area contributed by atoms with Gasteiger partial charge in [-0.2, -0.15) is 0 Å². The molecule has 0 amide bonds. The maximum atomic E-state index is 13.0. The SMILES string of the molecule is O=C(O)COc1ccc(S(=O)(=O)N2CCCc3ccccc32)cc1Cl. The standard InChI is InChI=1S/C17H16ClNO5S/c18-14-10-13(7-8-16(14)24-11-17(20)21)25(22,23)19-9-3-5-12-4-1-2-6-15(12)19/h1-2,4,6-8,10H,3,5,9,11H2,(H,20,21). The minimum absolute atomic E-state index is 0.0388. The molecule has 0 bridgehead atoms. The van der Waals surface area contributed by atoms with Crippen molar-refractivity contribution < 1.29 is 23.1 Å². The van der Waals surface area contributed by atoms with Crippen molar-refractivity contribution in [3.8, 4) is 5.75 Å². The van der Waals surface area contributed by atoms with Gasteiger partial charge in [0.15, 0.2) is 6.61 Å². The first-order valence-electron chi connectivity index (χ1n) is 7.64. The number of nitrogens with zero attached hydrogens (tertiary/aromatic N) is 1. The highest BCUT2D eigenvalue weighted by Crippen LogP contribution is 2.34. The van der Waals surface area contributed by atoms with Crippen molar-refractivity contribution >= 4 is 33.3 Å². The molecule has 0 aliphatic carbocycles. The first-order chi connectivity index (χ1) is 11.9. The van der Waals surface area contributed by atoms with Gasteiger partial charge in [-0.25, -0.2) is 13.2 Å². The Bertz CT molecular complexity index is 913. The van der Waals surface area contributed by atoms with Gasteiger partial charge in [0, 0.05) is 6.54 Å². The number of carboxylic acid groups (broad SMARTS) is 1. The minimum Gasteiger partial charge on any atom is -0.480 e. The van der Waals surface area contributed by atoms with E-state index in [1.54, 1.807) is 6.07 Å². The molecule has 0 radical (unpaired) electrons. The molecule has 1 aliphatic rings. The molecule has 1 aliphatic heterocycles. The summed E-state index contributed by atoms with van der Waals surface area (Å²) in [5.41, 5.74) is 1.67. The fourth-order valence-corrected chi connectivity index (χ4v) is 4.64. The van der Waals surface area contributed by atoms with Gasteiger partial charge in [0.2, 0.25) is 0 Å². The number of hydrogen-bond acceptors (Lipinski definition) is 4. The van der Waals surface area contributed by atoms with E-state index >= 15 is 0 Å². The Balaban J connectivity index is 1.93. The summed E-state index contributed by atoms with van der Waals surface area (Å²) in [6.07, 6.45) is 1.58. The monoisotopic (exact) mass is 381 g/mol. The van der Waals surface area contributed by atoms with Crippen molar-refractivity contribution in [3.05, 3.63) is 53.1 Å². The highest BCUT2D eigenvalue weighted by atomic mass is 35.5. The summed E-state index contributed by atoms with van der Waals surface area (Å²) in [4.78, 5) is 10.6. The Morgan fingerprint density at radius 1 is 1.24 bits per heavy atom. The first kappa shape index (κ1) is 17.6. The van der Waals surface area contributed by atoms with Crippen LogP contribution in [-0.2, 0) is 21.2 Å². The van der Waals surface area contributed by atoms with Crippen LogP contribution in [-0.4, -0.2) is 32.6 Å². The van der Waals surface area contributed by atoms with Gasteiger partial charge < -0.3 is 9.84 Å². The Hall–Kier alpha value is -2.25. The fraction of sp³-hybridized carbons (Fsp3) is 0.235. The largest absolute Gasteiger partial charge is 0.480 e. The predicted octanol–water partition coefficient (Wildman–Crippen LogP) is 2.94. The Morgan fingerprint density at radius 2 is 2.00 bits per heavy atom. The van der Waals surface area contributed by atoms with E-state index < -0.39 is 22.6 Å². The van der Waals surface area contributed by atoms with Crippen molar-refractivity contribution in [3.63, 3.8) is 0 Å². The van der Waals surface area contributed by atoms with Gasteiger partial charge in [0.05, 0.1) is 15.6 Å². The van der Waals surface area contributed by atoms with E-state index in [0.717, 1.165) is 18.4 Å². The highest BCUT2D eigenvalue weighted by molar-refractivity contribution is 7.92. The molecule has 0 aromatic heterocycles. The molecule has 2 aromatic carbocycles. The summed E-state index contributed by atoms with van der Waals surface area (Å²) in [6.45, 7) is -0.153. The molecule has 6 nitrogen and oxygen atoms in total. The van der Waals surface area contributed by atoms with E-state index in [4.69, 9.17) is 21.4 Å². The van der Waals surface area contributed by atoms with Gasteiger partial charge in [-0.1, -0.05) is 29.8 Å². The normalized spacial score (nSPS) is 14.0. The van der Waals surface area contributed by atoms with Gasteiger partial charge in [0.25, 0.3) is 10.0 Å². The van der Waals surface area contributed by atoms with E-state index in [2.05, 4.69) is 0 Å². The van der Waals surface area contributed by atoms with Gasteiger partial charge in [-0.05, 0) is 42.7 Å². The summed E-state index contributed by atoms with van der Waals surface area (Å²) in [5.74, 6) is -1.01. The van der Waals surface area contributed by atoms with E-state index in [1.807, 2.05) is 18.2 Å². The van der Waals surface area contributed by atoms with E-state index in [9.17, 15) is 13.2 Å². The predicted molar refractivity (Wildman–Crippen MR) is 93.9 cm³/mol. The van der Waals surface area contributed by atoms with Crippen LogP contribution in [0.25, 0.3) is 0 Å². The number of hydrogen-bond donors (Lipinski definition) is 1. The van der Waals surface area contributed by atoms with E-state index in [1.165, 1.54) is 22.5 Å². The van der Waals surface area contributed by atoms with Crippen LogP contribution in [0.3, 0.4) is 0 Å². The number of ether oxygens (including phenoxy) is 1. The average Bonchev–Trinajstić information content (AvgIpc) is 2.60. The number of rotatable bonds is 5. The number of halogens is 1. The average molecular weight is 382 g/mol. The maximum Gasteiger partial charge on any atom is 0.341 e. The van der Waals surface area contributed by atoms with Crippen LogP contribution in [0.1, 0.15) is 12.0 Å². The third-order valence-electron chi connectivity index (χ3n) is 3.91. The van der Waals surface area contributed by atoms with Crippen LogP contribution in [0.5, 0.6) is 5.75 Å². The number of sulfonamides is 1. The zero-order chi connectivity index (χ0) is 18.0. The van der Waals surface area contributed by atoms with Crippen molar-refractivity contribution in [2.75, 3.05) is 17.5 Å². The number of anilines is 1. The molecule has 8 heteroatoms. The molecule has 0 saturated carbocycles. The number of benzene rings is 2. The summed E-state index contributed by atoms with van der Waals surface area (Å²) in [5, 5.41) is 8.69. The van der Waals surface area contributed by atoms with Crippen molar-refractivity contribution in [2.24, 2.45) is 0 Å². The Morgan fingerprint density at radius 3 is 2.72 bits per heavy atom. The zero-order valence-electron chi connectivity index (χ0n) is 13.2. The number of aryl methyl sites for hydroxylation is 1. The van der Waals surface area contributed by atoms with Gasteiger partial charge >= 0.3 is 5.97 Å². The lowest BCUT2D eigenvalue weighted by Crippen LogP contribution is -2.35. The topological polar surface area (TPSA) is 83.9 Å². The molecule has 1 N–H and O–H groups in total. The first-order valence-corrected chi connectivity index (χ1v) is 9.46. The lowest BCUT2D eigenvalue weighted by Gasteiger charge is -2.30. The van der Waals surface area contributed by atoms with Crippen LogP contribution in [0.2, 0.25) is 5.02 Å². The Kier molecular flexibility index (Phi) is 4.87. The van der Waals surface area contributed by atoms with Crippen molar-refractivity contribution in [1.29, 1.82) is 0 Å². The number of aliphatic carboxylic acids is 1. The van der Waals surface area contributed by atoms with E-state index in [-0.39, 0.29) is 15.7 Å². The Labute approximate surface area is 150 Å². The van der Waals surface area contributed by atoms with Crippen LogP contribution in [0.15, 0.2) is 47.4 Å². The molecule has 1 heterocycles. The summed E-state index contributed by atoms with van der Waals surface area (Å²) < 4.78 is 32.4. The molecule has 0 atom stereocenters. The molecule has 132 valence electrons. The molecule has 3 rings (SSSR count). The lowest BCUT2D eigenvalue weighted by molar-refractivity contribution is -0.139. The molecular formula is C17H16ClNO5S.